The second-order valence-electron chi connectivity index (χ2n) is 6.67. The van der Waals surface area contributed by atoms with Crippen LogP contribution < -0.4 is 10.1 Å². The highest BCUT2D eigenvalue weighted by Gasteiger charge is 2.19. The fraction of sp³-hybridized carbons (Fsp3) is 0.350. The Morgan fingerprint density at radius 1 is 1.14 bits per heavy atom. The van der Waals surface area contributed by atoms with Crippen LogP contribution in [0.1, 0.15) is 50.2 Å². The molecule has 8 heteroatoms. The monoisotopic (exact) mass is 417 g/mol. The molecule has 0 radical (unpaired) electrons. The Kier molecular flexibility index (Phi) is 5.68. The molecule has 1 N–H and O–H groups in total. The second kappa shape index (κ2) is 8.36. The maximum absolute atomic E-state index is 13.0. The van der Waals surface area contributed by atoms with Crippen LogP contribution in [0, 0.1) is 12.7 Å². The lowest BCUT2D eigenvalue weighted by Crippen LogP contribution is -2.11. The standard InChI is InChI=1S/C20H20FN3O2S2/c1-12-18(28-17(22-12)11-26-14-9-7-13(21)8-10-14)19(25)24-20-23-15-5-3-2-4-6-16(15)27-20/h7-10H,2-6,11H2,1H3,(H,23,24,25). The van der Waals surface area contributed by atoms with Gasteiger partial charge < -0.3 is 4.74 Å². The van der Waals surface area contributed by atoms with E-state index in [4.69, 9.17) is 4.74 Å². The summed E-state index contributed by atoms with van der Waals surface area (Å²) < 4.78 is 18.6. The van der Waals surface area contributed by atoms with Crippen molar-refractivity contribution < 1.29 is 13.9 Å². The average molecular weight is 418 g/mol. The van der Waals surface area contributed by atoms with Crippen LogP contribution in [0.25, 0.3) is 0 Å². The summed E-state index contributed by atoms with van der Waals surface area (Å²) in [7, 11) is 0. The average Bonchev–Trinajstić information content (AvgIpc) is 3.17. The first kappa shape index (κ1) is 19.0. The Bertz CT molecular complexity index is 959. The number of rotatable bonds is 5. The topological polar surface area (TPSA) is 64.1 Å². The highest BCUT2D eigenvalue weighted by molar-refractivity contribution is 7.16. The summed E-state index contributed by atoms with van der Waals surface area (Å²) in [5, 5.41) is 4.28. The van der Waals surface area contributed by atoms with Crippen molar-refractivity contribution >= 4 is 33.7 Å². The van der Waals surface area contributed by atoms with Gasteiger partial charge in [-0.3, -0.25) is 10.1 Å². The predicted molar refractivity (Wildman–Crippen MR) is 109 cm³/mol. The van der Waals surface area contributed by atoms with Crippen molar-refractivity contribution in [2.24, 2.45) is 0 Å². The van der Waals surface area contributed by atoms with Gasteiger partial charge >= 0.3 is 0 Å². The van der Waals surface area contributed by atoms with Gasteiger partial charge in [0.1, 0.15) is 28.1 Å². The number of amides is 1. The number of hydrogen-bond acceptors (Lipinski definition) is 6. The number of anilines is 1. The molecule has 146 valence electrons. The van der Waals surface area contributed by atoms with Crippen molar-refractivity contribution in [2.45, 2.75) is 45.6 Å². The van der Waals surface area contributed by atoms with Crippen molar-refractivity contribution in [1.29, 1.82) is 0 Å². The number of aryl methyl sites for hydroxylation is 3. The summed E-state index contributed by atoms with van der Waals surface area (Å²) in [4.78, 5) is 23.6. The Morgan fingerprint density at radius 3 is 2.75 bits per heavy atom. The largest absolute Gasteiger partial charge is 0.486 e. The highest BCUT2D eigenvalue weighted by Crippen LogP contribution is 2.30. The first-order chi connectivity index (χ1) is 13.6. The zero-order chi connectivity index (χ0) is 19.5. The summed E-state index contributed by atoms with van der Waals surface area (Å²) in [5.74, 6) is 0.0624. The third-order valence-electron chi connectivity index (χ3n) is 4.54. The van der Waals surface area contributed by atoms with E-state index in [1.807, 2.05) is 6.92 Å². The maximum Gasteiger partial charge on any atom is 0.269 e. The first-order valence-corrected chi connectivity index (χ1v) is 10.9. The summed E-state index contributed by atoms with van der Waals surface area (Å²) >= 11 is 2.88. The van der Waals surface area contributed by atoms with E-state index < -0.39 is 0 Å². The molecule has 1 aliphatic rings. The van der Waals surface area contributed by atoms with Crippen LogP contribution >= 0.6 is 22.7 Å². The number of fused-ring (bicyclic) bond motifs is 1. The van der Waals surface area contributed by atoms with Crippen molar-refractivity contribution in [3.63, 3.8) is 0 Å². The van der Waals surface area contributed by atoms with Crippen molar-refractivity contribution in [3.8, 4) is 5.75 Å². The molecular formula is C20H20FN3O2S2. The van der Waals surface area contributed by atoms with Gasteiger partial charge in [-0.25, -0.2) is 14.4 Å². The molecule has 1 aliphatic carbocycles. The van der Waals surface area contributed by atoms with E-state index in [2.05, 4.69) is 15.3 Å². The minimum atomic E-state index is -0.309. The van der Waals surface area contributed by atoms with E-state index in [0.29, 0.717) is 26.5 Å². The van der Waals surface area contributed by atoms with Crippen LogP contribution in [-0.4, -0.2) is 15.9 Å². The third-order valence-corrected chi connectivity index (χ3v) is 6.74. The van der Waals surface area contributed by atoms with Crippen LogP contribution in [0.2, 0.25) is 0 Å². The molecule has 1 amide bonds. The zero-order valence-corrected chi connectivity index (χ0v) is 17.1. The molecule has 4 rings (SSSR count). The van der Waals surface area contributed by atoms with Crippen molar-refractivity contribution in [3.05, 3.63) is 56.2 Å². The Hall–Kier alpha value is -2.32. The number of benzene rings is 1. The van der Waals surface area contributed by atoms with Gasteiger partial charge in [0.05, 0.1) is 11.4 Å². The number of thiazole rings is 2. The molecule has 0 saturated heterocycles. The van der Waals surface area contributed by atoms with E-state index in [1.165, 1.54) is 41.2 Å². The van der Waals surface area contributed by atoms with E-state index in [9.17, 15) is 9.18 Å². The smallest absolute Gasteiger partial charge is 0.269 e. The summed E-state index contributed by atoms with van der Waals surface area (Å²) in [6.07, 6.45) is 5.64. The number of ether oxygens (including phenoxy) is 1. The minimum Gasteiger partial charge on any atom is -0.486 e. The van der Waals surface area contributed by atoms with Crippen molar-refractivity contribution in [1.82, 2.24) is 9.97 Å². The van der Waals surface area contributed by atoms with Crippen LogP contribution in [0.15, 0.2) is 24.3 Å². The summed E-state index contributed by atoms with van der Waals surface area (Å²) in [6, 6.07) is 5.82. The molecule has 0 spiro atoms. The van der Waals surface area contributed by atoms with Gasteiger partial charge in [0.15, 0.2) is 5.13 Å². The molecule has 2 heterocycles. The molecule has 0 aliphatic heterocycles. The van der Waals surface area contributed by atoms with Gasteiger partial charge in [0, 0.05) is 4.88 Å². The van der Waals surface area contributed by atoms with E-state index in [-0.39, 0.29) is 18.3 Å². The number of aromatic nitrogens is 2. The lowest BCUT2D eigenvalue weighted by atomic mass is 10.2. The fourth-order valence-corrected chi connectivity index (χ4v) is 5.05. The third kappa shape index (κ3) is 4.39. The van der Waals surface area contributed by atoms with Crippen LogP contribution in [-0.2, 0) is 19.4 Å². The lowest BCUT2D eigenvalue weighted by molar-refractivity contribution is 0.103. The SMILES string of the molecule is Cc1nc(COc2ccc(F)cc2)sc1C(=O)Nc1nc2c(s1)CCCCC2. The van der Waals surface area contributed by atoms with Gasteiger partial charge in [-0.1, -0.05) is 6.42 Å². The number of nitrogens with one attached hydrogen (secondary N) is 1. The molecule has 28 heavy (non-hydrogen) atoms. The summed E-state index contributed by atoms with van der Waals surface area (Å²) in [5.41, 5.74) is 1.80. The number of carbonyl (C=O) groups is 1. The van der Waals surface area contributed by atoms with Gasteiger partial charge in [-0.15, -0.1) is 22.7 Å². The molecule has 1 aromatic carbocycles. The number of hydrogen-bond donors (Lipinski definition) is 1. The van der Waals surface area contributed by atoms with Crippen LogP contribution in [0.4, 0.5) is 9.52 Å². The quantitative estimate of drug-likeness (QED) is 0.583. The summed E-state index contributed by atoms with van der Waals surface area (Å²) in [6.45, 7) is 2.04. The molecular weight excluding hydrogens is 397 g/mol. The highest BCUT2D eigenvalue weighted by atomic mass is 32.1. The molecule has 0 atom stereocenters. The molecule has 2 aromatic heterocycles. The molecule has 3 aromatic rings. The molecule has 0 bridgehead atoms. The molecule has 5 nitrogen and oxygen atoms in total. The number of halogens is 1. The first-order valence-electron chi connectivity index (χ1n) is 9.23. The molecule has 0 fully saturated rings. The van der Waals surface area contributed by atoms with Gasteiger partial charge in [-0.05, 0) is 56.9 Å². The second-order valence-corrected chi connectivity index (χ2v) is 8.84. The van der Waals surface area contributed by atoms with E-state index in [0.717, 1.165) is 25.0 Å². The lowest BCUT2D eigenvalue weighted by Gasteiger charge is -2.03. The fourth-order valence-electron chi connectivity index (χ4n) is 3.14. The van der Waals surface area contributed by atoms with Crippen LogP contribution in [0.3, 0.4) is 0 Å². The normalized spacial score (nSPS) is 13.6. The number of nitrogens with zero attached hydrogens (tertiary/aromatic N) is 2. The Balaban J connectivity index is 1.41. The molecule has 0 unspecified atom stereocenters. The zero-order valence-electron chi connectivity index (χ0n) is 15.5. The van der Waals surface area contributed by atoms with Gasteiger partial charge in [0.25, 0.3) is 5.91 Å². The van der Waals surface area contributed by atoms with E-state index in [1.54, 1.807) is 23.5 Å². The maximum atomic E-state index is 13.0. The van der Waals surface area contributed by atoms with Crippen LogP contribution in [0.5, 0.6) is 5.75 Å². The Morgan fingerprint density at radius 2 is 1.93 bits per heavy atom. The minimum absolute atomic E-state index is 0.188. The Labute approximate surface area is 170 Å². The molecule has 0 saturated carbocycles. The number of carbonyl (C=O) groups excluding carboxylic acids is 1. The van der Waals surface area contributed by atoms with Gasteiger partial charge in [-0.2, -0.15) is 0 Å². The van der Waals surface area contributed by atoms with Gasteiger partial charge in [0.2, 0.25) is 0 Å². The van der Waals surface area contributed by atoms with E-state index >= 15 is 0 Å². The predicted octanol–water partition coefficient (Wildman–Crippen LogP) is 5.15. The van der Waals surface area contributed by atoms with Crippen molar-refractivity contribution in [2.75, 3.05) is 5.32 Å².